The largest absolute Gasteiger partial charge is 0.465 e. The molecule has 2 N–H and O–H groups in total. The molecule has 1 aromatic heterocycles. The Morgan fingerprint density at radius 3 is 2.56 bits per heavy atom. The summed E-state index contributed by atoms with van der Waals surface area (Å²) in [6.45, 7) is 5.43. The number of aromatic nitrogens is 1. The molecule has 6 nitrogen and oxygen atoms in total. The Labute approximate surface area is 162 Å². The van der Waals surface area contributed by atoms with Crippen LogP contribution in [0.25, 0.3) is 0 Å². The second-order valence-electron chi connectivity index (χ2n) is 6.90. The van der Waals surface area contributed by atoms with Gasteiger partial charge in [-0.2, -0.15) is 5.26 Å². The molecule has 0 aliphatic carbocycles. The van der Waals surface area contributed by atoms with Crippen molar-refractivity contribution in [1.82, 2.24) is 9.88 Å². The van der Waals surface area contributed by atoms with Gasteiger partial charge in [0.2, 0.25) is 0 Å². The molecular formula is C19H20ClFN4O2. The highest BCUT2D eigenvalue weighted by Gasteiger charge is 2.34. The zero-order chi connectivity index (χ0) is 20.2. The van der Waals surface area contributed by atoms with Crippen molar-refractivity contribution in [3.63, 3.8) is 0 Å². The predicted octanol–water partition coefficient (Wildman–Crippen LogP) is 4.68. The minimum absolute atomic E-state index is 0.0684. The van der Waals surface area contributed by atoms with Gasteiger partial charge in [-0.3, -0.25) is 4.90 Å². The first-order valence-corrected chi connectivity index (χ1v) is 8.60. The van der Waals surface area contributed by atoms with Gasteiger partial charge in [-0.1, -0.05) is 41.9 Å². The van der Waals surface area contributed by atoms with Crippen LogP contribution in [-0.2, 0) is 0 Å². The fourth-order valence-electron chi connectivity index (χ4n) is 2.78. The van der Waals surface area contributed by atoms with E-state index in [0.717, 1.165) is 11.6 Å². The Morgan fingerprint density at radius 1 is 1.41 bits per heavy atom. The standard InChI is InChI=1S/C19H20ClFN4O2/c1-19(2,3)25(18(26)27)15(12-7-5-4-6-8-12)11-23-17-14(21)9-13(10-22)16(20)24-17/h4-9,15H,11H2,1-3H3,(H,23,24)(H,26,27). The maximum Gasteiger partial charge on any atom is 0.408 e. The number of nitrogens with zero attached hydrogens (tertiary/aromatic N) is 3. The van der Waals surface area contributed by atoms with Gasteiger partial charge in [0.25, 0.3) is 0 Å². The average Bonchev–Trinajstić information content (AvgIpc) is 2.59. The van der Waals surface area contributed by atoms with Crippen LogP contribution in [0.1, 0.15) is 37.9 Å². The van der Waals surface area contributed by atoms with Crippen molar-refractivity contribution in [3.05, 3.63) is 58.5 Å². The van der Waals surface area contributed by atoms with E-state index in [4.69, 9.17) is 16.9 Å². The van der Waals surface area contributed by atoms with Crippen molar-refractivity contribution < 1.29 is 14.3 Å². The summed E-state index contributed by atoms with van der Waals surface area (Å²) in [5.74, 6) is -0.875. The van der Waals surface area contributed by atoms with Crippen LogP contribution in [0.5, 0.6) is 0 Å². The van der Waals surface area contributed by atoms with Crippen molar-refractivity contribution in [3.8, 4) is 6.07 Å². The molecule has 0 aliphatic heterocycles. The summed E-state index contributed by atoms with van der Waals surface area (Å²) in [5.41, 5.74) is -0.00822. The Hall–Kier alpha value is -2.85. The van der Waals surface area contributed by atoms with Gasteiger partial charge >= 0.3 is 6.09 Å². The fraction of sp³-hybridized carbons (Fsp3) is 0.316. The molecule has 8 heteroatoms. The fourth-order valence-corrected chi connectivity index (χ4v) is 2.96. The molecule has 0 saturated heterocycles. The van der Waals surface area contributed by atoms with Gasteiger partial charge in [-0.25, -0.2) is 14.2 Å². The highest BCUT2D eigenvalue weighted by molar-refractivity contribution is 6.30. The third-order valence-electron chi connectivity index (χ3n) is 3.94. The molecular weight excluding hydrogens is 371 g/mol. The monoisotopic (exact) mass is 390 g/mol. The van der Waals surface area contributed by atoms with Crippen LogP contribution in [0.3, 0.4) is 0 Å². The molecule has 0 spiro atoms. The number of halogens is 2. The summed E-state index contributed by atoms with van der Waals surface area (Å²) >= 11 is 5.87. The van der Waals surface area contributed by atoms with Crippen LogP contribution in [-0.4, -0.2) is 33.2 Å². The minimum Gasteiger partial charge on any atom is -0.465 e. The van der Waals surface area contributed by atoms with E-state index >= 15 is 0 Å². The number of hydrogen-bond acceptors (Lipinski definition) is 4. The number of benzene rings is 1. The second-order valence-corrected chi connectivity index (χ2v) is 7.26. The van der Waals surface area contributed by atoms with E-state index in [1.807, 2.05) is 30.3 Å². The lowest BCUT2D eigenvalue weighted by Gasteiger charge is -2.40. The first-order valence-electron chi connectivity index (χ1n) is 8.22. The zero-order valence-electron chi connectivity index (χ0n) is 15.2. The third kappa shape index (κ3) is 4.86. The number of carbonyl (C=O) groups is 1. The number of amides is 1. The van der Waals surface area contributed by atoms with Crippen LogP contribution in [0.4, 0.5) is 15.0 Å². The number of hydrogen-bond donors (Lipinski definition) is 2. The number of nitrogens with one attached hydrogen (secondary N) is 1. The van der Waals surface area contributed by atoms with E-state index in [9.17, 15) is 14.3 Å². The van der Waals surface area contributed by atoms with Gasteiger partial charge in [0.05, 0.1) is 11.6 Å². The van der Waals surface area contributed by atoms with Gasteiger partial charge < -0.3 is 10.4 Å². The van der Waals surface area contributed by atoms with E-state index < -0.39 is 23.5 Å². The Kier molecular flexibility index (Phi) is 6.24. The summed E-state index contributed by atoms with van der Waals surface area (Å²) < 4.78 is 14.2. The van der Waals surface area contributed by atoms with Crippen LogP contribution < -0.4 is 5.32 Å². The molecule has 1 atom stereocenters. The van der Waals surface area contributed by atoms with Crippen LogP contribution in [0, 0.1) is 17.1 Å². The maximum absolute atomic E-state index is 14.2. The van der Waals surface area contributed by atoms with Crippen LogP contribution in [0.2, 0.25) is 5.15 Å². The smallest absolute Gasteiger partial charge is 0.408 e. The van der Waals surface area contributed by atoms with Crippen molar-refractivity contribution >= 4 is 23.5 Å². The molecule has 1 unspecified atom stereocenters. The summed E-state index contributed by atoms with van der Waals surface area (Å²) in [6, 6.07) is 11.2. The van der Waals surface area contributed by atoms with Gasteiger partial charge in [0, 0.05) is 12.1 Å². The van der Waals surface area contributed by atoms with Crippen molar-refractivity contribution in [2.75, 3.05) is 11.9 Å². The lowest BCUT2D eigenvalue weighted by molar-refractivity contribution is 0.0733. The minimum atomic E-state index is -1.09. The van der Waals surface area contributed by atoms with E-state index in [-0.39, 0.29) is 23.1 Å². The Morgan fingerprint density at radius 2 is 2.04 bits per heavy atom. The molecule has 2 rings (SSSR count). The first-order chi connectivity index (χ1) is 12.6. The molecule has 1 heterocycles. The molecule has 142 valence electrons. The maximum atomic E-state index is 14.2. The van der Waals surface area contributed by atoms with Crippen molar-refractivity contribution in [2.24, 2.45) is 0 Å². The highest BCUT2D eigenvalue weighted by Crippen LogP contribution is 2.29. The normalized spacial score (nSPS) is 12.1. The van der Waals surface area contributed by atoms with Gasteiger partial charge in [-0.05, 0) is 32.4 Å². The summed E-state index contributed by atoms with van der Waals surface area (Å²) in [6.07, 6.45) is -1.09. The van der Waals surface area contributed by atoms with E-state index in [1.54, 1.807) is 26.8 Å². The Bertz CT molecular complexity index is 862. The molecule has 0 fully saturated rings. The number of anilines is 1. The van der Waals surface area contributed by atoms with Crippen molar-refractivity contribution in [2.45, 2.75) is 32.4 Å². The van der Waals surface area contributed by atoms with Gasteiger partial charge in [0.1, 0.15) is 11.2 Å². The number of carboxylic acid groups (broad SMARTS) is 1. The molecule has 27 heavy (non-hydrogen) atoms. The van der Waals surface area contributed by atoms with E-state index in [1.165, 1.54) is 4.90 Å². The lowest BCUT2D eigenvalue weighted by Crippen LogP contribution is -2.49. The average molecular weight is 391 g/mol. The van der Waals surface area contributed by atoms with Gasteiger partial charge in [0.15, 0.2) is 11.6 Å². The molecule has 1 amide bonds. The molecule has 1 aromatic carbocycles. The van der Waals surface area contributed by atoms with Crippen LogP contribution in [0.15, 0.2) is 36.4 Å². The number of nitriles is 1. The SMILES string of the molecule is CC(C)(C)N(C(=O)O)C(CNc1nc(Cl)c(C#N)cc1F)c1ccccc1. The first kappa shape index (κ1) is 20.5. The molecule has 0 bridgehead atoms. The zero-order valence-corrected chi connectivity index (χ0v) is 16.0. The molecule has 0 aliphatic rings. The quantitative estimate of drug-likeness (QED) is 0.723. The highest BCUT2D eigenvalue weighted by atomic mass is 35.5. The lowest BCUT2D eigenvalue weighted by atomic mass is 9.98. The third-order valence-corrected chi connectivity index (χ3v) is 4.23. The van der Waals surface area contributed by atoms with Crippen molar-refractivity contribution in [1.29, 1.82) is 5.26 Å². The predicted molar refractivity (Wildman–Crippen MR) is 101 cm³/mol. The topological polar surface area (TPSA) is 89.2 Å². The summed E-state index contributed by atoms with van der Waals surface area (Å²) in [4.78, 5) is 17.1. The number of rotatable bonds is 5. The molecule has 0 radical (unpaired) electrons. The van der Waals surface area contributed by atoms with Crippen LogP contribution >= 0.6 is 11.6 Å². The molecule has 0 saturated carbocycles. The summed E-state index contributed by atoms with van der Waals surface area (Å²) in [7, 11) is 0. The second kappa shape index (κ2) is 8.23. The summed E-state index contributed by atoms with van der Waals surface area (Å²) in [5, 5.41) is 21.4. The molecule has 2 aromatic rings. The Balaban J connectivity index is 2.38. The number of pyridine rings is 1. The van der Waals surface area contributed by atoms with E-state index in [0.29, 0.717) is 0 Å². The van der Waals surface area contributed by atoms with Gasteiger partial charge in [-0.15, -0.1) is 0 Å². The van der Waals surface area contributed by atoms with E-state index in [2.05, 4.69) is 10.3 Å².